The van der Waals surface area contributed by atoms with Crippen LogP contribution in [0.15, 0.2) is 18.2 Å². The van der Waals surface area contributed by atoms with Gasteiger partial charge in [-0.1, -0.05) is 23.7 Å². The first kappa shape index (κ1) is 9.88. The van der Waals surface area contributed by atoms with Crippen molar-refractivity contribution in [1.82, 2.24) is 0 Å². The summed E-state index contributed by atoms with van der Waals surface area (Å²) in [7, 11) is 1.59. The lowest BCUT2D eigenvalue weighted by atomic mass is 10.1. The third-order valence-electron chi connectivity index (χ3n) is 1.75. The summed E-state index contributed by atoms with van der Waals surface area (Å²) in [5.74, 6) is 0.688. The monoisotopic (exact) mass is 195 g/mol. The second-order valence-corrected chi connectivity index (χ2v) is 2.97. The number of nitrogens with zero attached hydrogens (tertiary/aromatic N) is 1. The minimum Gasteiger partial charge on any atom is -0.495 e. The third kappa shape index (κ3) is 2.37. The van der Waals surface area contributed by atoms with Crippen molar-refractivity contribution in [3.05, 3.63) is 40.2 Å². The molecule has 0 saturated heterocycles. The zero-order valence-corrected chi connectivity index (χ0v) is 8.14. The maximum absolute atomic E-state index is 6.68. The van der Waals surface area contributed by atoms with Crippen LogP contribution in [0.5, 0.6) is 5.75 Å². The van der Waals surface area contributed by atoms with Crippen LogP contribution in [0, 0.1) is 6.57 Å². The molecule has 0 saturated carbocycles. The summed E-state index contributed by atoms with van der Waals surface area (Å²) in [6.07, 6.45) is 0.688. The van der Waals surface area contributed by atoms with E-state index in [9.17, 15) is 0 Å². The van der Waals surface area contributed by atoms with E-state index < -0.39 is 0 Å². The molecule has 3 heteroatoms. The van der Waals surface area contributed by atoms with E-state index in [2.05, 4.69) is 4.85 Å². The molecule has 0 bridgehead atoms. The van der Waals surface area contributed by atoms with Gasteiger partial charge < -0.3 is 9.58 Å². The van der Waals surface area contributed by atoms with Crippen LogP contribution in [0.3, 0.4) is 0 Å². The molecule has 0 aromatic heterocycles. The summed E-state index contributed by atoms with van der Waals surface area (Å²) in [6.45, 7) is 7.15. The van der Waals surface area contributed by atoms with Crippen LogP contribution in [0.2, 0.25) is 5.02 Å². The van der Waals surface area contributed by atoms with Crippen LogP contribution in [0.25, 0.3) is 4.85 Å². The molecule has 0 amide bonds. The highest BCUT2D eigenvalue weighted by molar-refractivity contribution is 6.32. The molecule has 68 valence electrons. The predicted octanol–water partition coefficient (Wildman–Crippen LogP) is 2.81. The number of hydrogen-bond acceptors (Lipinski definition) is 1. The Morgan fingerprint density at radius 2 is 2.31 bits per heavy atom. The molecule has 0 radical (unpaired) electrons. The van der Waals surface area contributed by atoms with Gasteiger partial charge in [-0.3, -0.25) is 0 Å². The molecular formula is C10H10ClNO. The third-order valence-corrected chi connectivity index (χ3v) is 2.04. The first-order valence-electron chi connectivity index (χ1n) is 3.94. The van der Waals surface area contributed by atoms with Crippen molar-refractivity contribution in [3.63, 3.8) is 0 Å². The van der Waals surface area contributed by atoms with Crippen LogP contribution in [-0.2, 0) is 6.42 Å². The number of methoxy groups -OCH3 is 1. The smallest absolute Gasteiger partial charge is 0.218 e. The van der Waals surface area contributed by atoms with E-state index in [0.29, 0.717) is 23.7 Å². The van der Waals surface area contributed by atoms with Crippen molar-refractivity contribution >= 4 is 11.6 Å². The molecule has 0 aliphatic carbocycles. The van der Waals surface area contributed by atoms with Crippen LogP contribution in [0.4, 0.5) is 0 Å². The first-order chi connectivity index (χ1) is 6.29. The Bertz CT molecular complexity index is 330. The van der Waals surface area contributed by atoms with Gasteiger partial charge >= 0.3 is 0 Å². The van der Waals surface area contributed by atoms with Gasteiger partial charge in [0, 0.05) is 12.0 Å². The average molecular weight is 196 g/mol. The quantitative estimate of drug-likeness (QED) is 0.677. The topological polar surface area (TPSA) is 13.6 Å². The lowest BCUT2D eigenvalue weighted by molar-refractivity contribution is 0.410. The first-order valence-corrected chi connectivity index (χ1v) is 4.32. The van der Waals surface area contributed by atoms with Crippen LogP contribution < -0.4 is 4.74 Å². The fourth-order valence-electron chi connectivity index (χ4n) is 1.16. The molecule has 0 unspecified atom stereocenters. The maximum Gasteiger partial charge on any atom is 0.218 e. The van der Waals surface area contributed by atoms with Crippen LogP contribution >= 0.6 is 11.6 Å². The highest BCUT2D eigenvalue weighted by Gasteiger charge is 2.07. The van der Waals surface area contributed by atoms with Crippen LogP contribution in [0.1, 0.15) is 5.56 Å². The van der Waals surface area contributed by atoms with Gasteiger partial charge in [-0.2, -0.15) is 0 Å². The second kappa shape index (κ2) is 4.74. The van der Waals surface area contributed by atoms with E-state index in [0.717, 1.165) is 5.56 Å². The lowest BCUT2D eigenvalue weighted by Crippen LogP contribution is -1.94. The molecule has 0 fully saturated rings. The molecular weight excluding hydrogens is 186 g/mol. The van der Waals surface area contributed by atoms with Crippen molar-refractivity contribution in [2.24, 2.45) is 0 Å². The Hall–Kier alpha value is -1.20. The molecule has 0 spiro atoms. The van der Waals surface area contributed by atoms with E-state index in [-0.39, 0.29) is 0 Å². The zero-order chi connectivity index (χ0) is 9.68. The largest absolute Gasteiger partial charge is 0.495 e. The van der Waals surface area contributed by atoms with Crippen molar-refractivity contribution in [2.75, 3.05) is 13.7 Å². The molecule has 13 heavy (non-hydrogen) atoms. The molecule has 0 atom stereocenters. The molecule has 1 rings (SSSR count). The van der Waals surface area contributed by atoms with Gasteiger partial charge in [0.25, 0.3) is 0 Å². The fourth-order valence-corrected chi connectivity index (χ4v) is 1.43. The number of halogens is 1. The Morgan fingerprint density at radius 1 is 1.54 bits per heavy atom. The maximum atomic E-state index is 6.68. The second-order valence-electron chi connectivity index (χ2n) is 2.56. The van der Waals surface area contributed by atoms with E-state index in [4.69, 9.17) is 22.9 Å². The summed E-state index contributed by atoms with van der Waals surface area (Å²) in [5.41, 5.74) is 0.992. The summed E-state index contributed by atoms with van der Waals surface area (Å²) in [4.78, 5) is 3.29. The van der Waals surface area contributed by atoms with Crippen molar-refractivity contribution < 1.29 is 4.74 Å². The van der Waals surface area contributed by atoms with E-state index in [1.54, 1.807) is 13.2 Å². The minimum absolute atomic E-state index is 0.469. The Morgan fingerprint density at radius 3 is 2.92 bits per heavy atom. The summed E-state index contributed by atoms with van der Waals surface area (Å²) in [6, 6.07) is 5.57. The van der Waals surface area contributed by atoms with E-state index >= 15 is 0 Å². The average Bonchev–Trinajstić information content (AvgIpc) is 2.15. The Labute approximate surface area is 82.9 Å². The Balaban J connectivity index is 2.93. The zero-order valence-electron chi connectivity index (χ0n) is 7.38. The number of ether oxygens (including phenoxy) is 1. The number of benzene rings is 1. The van der Waals surface area contributed by atoms with E-state index in [1.807, 2.05) is 12.1 Å². The van der Waals surface area contributed by atoms with Gasteiger partial charge in [0.2, 0.25) is 6.54 Å². The van der Waals surface area contributed by atoms with Crippen LogP contribution in [-0.4, -0.2) is 13.7 Å². The van der Waals surface area contributed by atoms with E-state index in [1.165, 1.54) is 0 Å². The summed E-state index contributed by atoms with van der Waals surface area (Å²) in [5, 5.41) is 0.602. The SMILES string of the molecule is [C-]#[N+]CCc1cccc(Cl)c1OC. The van der Waals surface area contributed by atoms with Gasteiger partial charge in [0.05, 0.1) is 12.1 Å². The van der Waals surface area contributed by atoms with Gasteiger partial charge in [-0.25, -0.2) is 6.57 Å². The normalized spacial score (nSPS) is 9.31. The van der Waals surface area contributed by atoms with Crippen molar-refractivity contribution in [1.29, 1.82) is 0 Å². The number of hydrogen-bond donors (Lipinski definition) is 0. The molecule has 0 aliphatic rings. The Kier molecular flexibility index (Phi) is 3.60. The number of rotatable bonds is 3. The molecule has 2 nitrogen and oxygen atoms in total. The molecule has 0 aliphatic heterocycles. The van der Waals surface area contributed by atoms with Crippen molar-refractivity contribution in [2.45, 2.75) is 6.42 Å². The molecule has 1 aromatic rings. The minimum atomic E-state index is 0.469. The highest BCUT2D eigenvalue weighted by atomic mass is 35.5. The lowest BCUT2D eigenvalue weighted by Gasteiger charge is -2.07. The highest BCUT2D eigenvalue weighted by Crippen LogP contribution is 2.28. The van der Waals surface area contributed by atoms with Crippen molar-refractivity contribution in [3.8, 4) is 5.75 Å². The molecule has 0 N–H and O–H groups in total. The van der Waals surface area contributed by atoms with Gasteiger partial charge in [0.15, 0.2) is 0 Å². The van der Waals surface area contributed by atoms with Gasteiger partial charge in [0.1, 0.15) is 5.75 Å². The molecule has 1 aromatic carbocycles. The summed E-state index contributed by atoms with van der Waals surface area (Å²) < 4.78 is 5.14. The standard InChI is InChI=1S/C10H10ClNO/c1-12-7-6-8-4-3-5-9(11)10(8)13-2/h3-5H,6-7H2,2H3. The van der Waals surface area contributed by atoms with Gasteiger partial charge in [-0.05, 0) is 6.07 Å². The van der Waals surface area contributed by atoms with Gasteiger partial charge in [-0.15, -0.1) is 0 Å². The number of para-hydroxylation sites is 1. The summed E-state index contributed by atoms with van der Waals surface area (Å²) >= 11 is 5.91. The predicted molar refractivity (Wildman–Crippen MR) is 53.2 cm³/mol. The fraction of sp³-hybridized carbons (Fsp3) is 0.300. The molecule has 0 heterocycles.